The molecule has 1 aliphatic carbocycles. The van der Waals surface area contributed by atoms with E-state index < -0.39 is 0 Å². The molecule has 0 spiro atoms. The summed E-state index contributed by atoms with van der Waals surface area (Å²) in [5.41, 5.74) is 4.25. The van der Waals surface area contributed by atoms with Gasteiger partial charge in [-0.05, 0) is 40.4 Å². The molecule has 21 heavy (non-hydrogen) atoms. The summed E-state index contributed by atoms with van der Waals surface area (Å²) in [4.78, 5) is 0. The summed E-state index contributed by atoms with van der Waals surface area (Å²) in [6.45, 7) is 6.73. The molecule has 2 aromatic carbocycles. The zero-order chi connectivity index (χ0) is 15.0. The first-order chi connectivity index (χ1) is 9.97. The first kappa shape index (κ1) is 14.7. The first-order valence-corrected chi connectivity index (χ1v) is 8.20. The van der Waals surface area contributed by atoms with Crippen LogP contribution < -0.4 is 0 Å². The minimum absolute atomic E-state index is 0.129. The fourth-order valence-electron chi connectivity index (χ4n) is 3.04. The van der Waals surface area contributed by atoms with E-state index in [2.05, 4.69) is 75.4 Å². The highest BCUT2D eigenvalue weighted by molar-refractivity contribution is 6.21. The van der Waals surface area contributed by atoms with Gasteiger partial charge in [-0.25, -0.2) is 0 Å². The maximum atomic E-state index is 6.71. The van der Waals surface area contributed by atoms with Crippen LogP contribution in [0.5, 0.6) is 0 Å². The van der Waals surface area contributed by atoms with Crippen LogP contribution >= 0.6 is 11.6 Å². The highest BCUT2D eigenvalue weighted by Crippen LogP contribution is 2.56. The summed E-state index contributed by atoms with van der Waals surface area (Å²) in [6.07, 6.45) is 1.21. The van der Waals surface area contributed by atoms with Gasteiger partial charge in [-0.2, -0.15) is 0 Å². The molecule has 0 aromatic heterocycles. The summed E-state index contributed by atoms with van der Waals surface area (Å²) in [6, 6.07) is 19.6. The molecule has 3 atom stereocenters. The Morgan fingerprint density at radius 1 is 0.952 bits per heavy atom. The lowest BCUT2D eigenvalue weighted by molar-refractivity contribution is 0.589. The van der Waals surface area contributed by atoms with Gasteiger partial charge in [0.15, 0.2) is 0 Å². The molecule has 0 heterocycles. The van der Waals surface area contributed by atoms with Gasteiger partial charge in [0.2, 0.25) is 0 Å². The van der Waals surface area contributed by atoms with E-state index >= 15 is 0 Å². The van der Waals surface area contributed by atoms with Crippen molar-refractivity contribution in [3.8, 4) is 0 Å². The van der Waals surface area contributed by atoms with Crippen LogP contribution in [0.25, 0.3) is 0 Å². The number of hydrogen-bond donors (Lipinski definition) is 0. The number of halogens is 1. The standard InChI is InChI=1S/C20H23Cl/c1-20(2,3)16-11-9-15(10-12-16)19(21)18-13-17(18)14-7-5-4-6-8-14/h4-12,17-19H,13H2,1-3H3. The summed E-state index contributed by atoms with van der Waals surface area (Å²) in [7, 11) is 0. The third-order valence-electron chi connectivity index (χ3n) is 4.54. The van der Waals surface area contributed by atoms with Crippen LogP contribution in [0.3, 0.4) is 0 Å². The molecule has 1 aliphatic rings. The lowest BCUT2D eigenvalue weighted by Crippen LogP contribution is -2.10. The zero-order valence-corrected chi connectivity index (χ0v) is 13.8. The average molecular weight is 299 g/mol. The van der Waals surface area contributed by atoms with Crippen LogP contribution in [-0.4, -0.2) is 0 Å². The van der Waals surface area contributed by atoms with Crippen LogP contribution in [0.4, 0.5) is 0 Å². The number of benzene rings is 2. The lowest BCUT2D eigenvalue weighted by atomic mass is 9.86. The van der Waals surface area contributed by atoms with Gasteiger partial charge in [0.25, 0.3) is 0 Å². The van der Waals surface area contributed by atoms with Crippen molar-refractivity contribution in [2.24, 2.45) is 5.92 Å². The molecule has 0 N–H and O–H groups in total. The molecule has 110 valence electrons. The van der Waals surface area contributed by atoms with Crippen molar-refractivity contribution in [3.63, 3.8) is 0 Å². The van der Waals surface area contributed by atoms with Crippen molar-refractivity contribution in [2.45, 2.75) is 43.9 Å². The molecule has 1 heteroatoms. The van der Waals surface area contributed by atoms with E-state index in [1.807, 2.05) is 0 Å². The predicted molar refractivity (Wildman–Crippen MR) is 91.0 cm³/mol. The molecule has 1 saturated carbocycles. The second-order valence-electron chi connectivity index (χ2n) is 7.19. The predicted octanol–water partition coefficient (Wildman–Crippen LogP) is 6.07. The van der Waals surface area contributed by atoms with E-state index in [1.54, 1.807) is 0 Å². The van der Waals surface area contributed by atoms with Gasteiger partial charge in [0.1, 0.15) is 0 Å². The van der Waals surface area contributed by atoms with Gasteiger partial charge in [0.05, 0.1) is 5.38 Å². The minimum Gasteiger partial charge on any atom is -0.117 e. The summed E-state index contributed by atoms with van der Waals surface area (Å²) < 4.78 is 0. The molecule has 2 aromatic rings. The fraction of sp³-hybridized carbons (Fsp3) is 0.400. The molecule has 0 nitrogen and oxygen atoms in total. The molecule has 0 aliphatic heterocycles. The van der Waals surface area contributed by atoms with Crippen LogP contribution in [0.2, 0.25) is 0 Å². The Hall–Kier alpha value is -1.27. The van der Waals surface area contributed by atoms with E-state index in [1.165, 1.54) is 23.1 Å². The number of rotatable bonds is 3. The molecule has 3 unspecified atom stereocenters. The molecule has 1 fully saturated rings. The Morgan fingerprint density at radius 3 is 2.14 bits per heavy atom. The number of hydrogen-bond acceptors (Lipinski definition) is 0. The summed E-state index contributed by atoms with van der Waals surface area (Å²) >= 11 is 6.71. The molecule has 0 bridgehead atoms. The van der Waals surface area contributed by atoms with Gasteiger partial charge in [-0.1, -0.05) is 75.4 Å². The summed E-state index contributed by atoms with van der Waals surface area (Å²) in [5.74, 6) is 1.21. The van der Waals surface area contributed by atoms with Crippen LogP contribution in [0.15, 0.2) is 54.6 Å². The maximum Gasteiger partial charge on any atom is 0.0619 e. The monoisotopic (exact) mass is 298 g/mol. The molecular weight excluding hydrogens is 276 g/mol. The second-order valence-corrected chi connectivity index (χ2v) is 7.66. The third-order valence-corrected chi connectivity index (χ3v) is 5.11. The van der Waals surface area contributed by atoms with Gasteiger partial charge in [-0.15, -0.1) is 11.6 Å². The van der Waals surface area contributed by atoms with Crippen molar-refractivity contribution in [3.05, 3.63) is 71.3 Å². The molecule has 0 saturated heterocycles. The van der Waals surface area contributed by atoms with Crippen molar-refractivity contribution in [1.29, 1.82) is 0 Å². The highest BCUT2D eigenvalue weighted by Gasteiger charge is 2.43. The summed E-state index contributed by atoms with van der Waals surface area (Å²) in [5, 5.41) is 0.129. The first-order valence-electron chi connectivity index (χ1n) is 7.76. The highest BCUT2D eigenvalue weighted by atomic mass is 35.5. The fourth-order valence-corrected chi connectivity index (χ4v) is 3.46. The van der Waals surface area contributed by atoms with Gasteiger partial charge < -0.3 is 0 Å². The average Bonchev–Trinajstić information content (AvgIpc) is 3.27. The maximum absolute atomic E-state index is 6.71. The Bertz CT molecular complexity index is 592. The normalized spacial score (nSPS) is 22.9. The smallest absolute Gasteiger partial charge is 0.0619 e. The van der Waals surface area contributed by atoms with Crippen molar-refractivity contribution in [2.75, 3.05) is 0 Å². The largest absolute Gasteiger partial charge is 0.117 e. The quantitative estimate of drug-likeness (QED) is 0.603. The van der Waals surface area contributed by atoms with Gasteiger partial charge in [0, 0.05) is 0 Å². The van der Waals surface area contributed by atoms with E-state index in [9.17, 15) is 0 Å². The van der Waals surface area contributed by atoms with Crippen molar-refractivity contribution < 1.29 is 0 Å². The van der Waals surface area contributed by atoms with Crippen LogP contribution in [0.1, 0.15) is 55.2 Å². The topological polar surface area (TPSA) is 0 Å². The Kier molecular flexibility index (Phi) is 3.84. The van der Waals surface area contributed by atoms with E-state index in [-0.39, 0.29) is 10.8 Å². The van der Waals surface area contributed by atoms with Gasteiger partial charge in [-0.3, -0.25) is 0 Å². The van der Waals surface area contributed by atoms with E-state index in [0.29, 0.717) is 11.8 Å². The second kappa shape index (κ2) is 5.50. The Balaban J connectivity index is 1.71. The lowest BCUT2D eigenvalue weighted by Gasteiger charge is -2.20. The Labute approximate surface area is 133 Å². The molecule has 0 radical (unpaired) electrons. The molecular formula is C20H23Cl. The SMILES string of the molecule is CC(C)(C)c1ccc(C(Cl)C2CC2c2ccccc2)cc1. The third kappa shape index (κ3) is 3.16. The van der Waals surface area contributed by atoms with Crippen molar-refractivity contribution >= 4 is 11.6 Å². The number of alkyl halides is 1. The van der Waals surface area contributed by atoms with Crippen LogP contribution in [-0.2, 0) is 5.41 Å². The van der Waals surface area contributed by atoms with Gasteiger partial charge >= 0.3 is 0 Å². The van der Waals surface area contributed by atoms with E-state index in [4.69, 9.17) is 11.6 Å². The Morgan fingerprint density at radius 2 is 1.57 bits per heavy atom. The minimum atomic E-state index is 0.129. The van der Waals surface area contributed by atoms with E-state index in [0.717, 1.165) is 0 Å². The zero-order valence-electron chi connectivity index (χ0n) is 13.0. The molecule has 3 rings (SSSR count). The van der Waals surface area contributed by atoms with Crippen LogP contribution in [0, 0.1) is 5.92 Å². The van der Waals surface area contributed by atoms with Crippen molar-refractivity contribution in [1.82, 2.24) is 0 Å². The molecule has 0 amide bonds.